The Kier molecular flexibility index (Phi) is 3.60. The van der Waals surface area contributed by atoms with Gasteiger partial charge in [0.25, 0.3) is 0 Å². The number of fused-ring (bicyclic) bond motifs is 2. The van der Waals surface area contributed by atoms with Crippen molar-refractivity contribution in [3.05, 3.63) is 47.8 Å². The predicted molar refractivity (Wildman–Crippen MR) is 93.1 cm³/mol. The van der Waals surface area contributed by atoms with Crippen molar-refractivity contribution < 1.29 is 0 Å². The van der Waals surface area contributed by atoms with Crippen LogP contribution in [0.25, 0.3) is 16.7 Å². The normalized spacial score (nSPS) is 11.4. The van der Waals surface area contributed by atoms with Crippen LogP contribution in [0.2, 0.25) is 0 Å². The van der Waals surface area contributed by atoms with E-state index >= 15 is 0 Å². The Bertz CT molecular complexity index is 999. The zero-order valence-electron chi connectivity index (χ0n) is 13.8. The highest BCUT2D eigenvalue weighted by atomic mass is 15.4. The summed E-state index contributed by atoms with van der Waals surface area (Å²) in [6, 6.07) is 12.0. The molecule has 0 saturated carbocycles. The summed E-state index contributed by atoms with van der Waals surface area (Å²) in [4.78, 5) is 4.50. The van der Waals surface area contributed by atoms with Gasteiger partial charge in [0.05, 0.1) is 11.2 Å². The number of rotatable bonds is 5. The van der Waals surface area contributed by atoms with E-state index in [0.717, 1.165) is 53.4 Å². The molecule has 24 heavy (non-hydrogen) atoms. The van der Waals surface area contributed by atoms with Crippen molar-refractivity contribution in [2.24, 2.45) is 0 Å². The second kappa shape index (κ2) is 5.92. The number of nitrogens with zero attached hydrogens (tertiary/aromatic N) is 6. The number of para-hydroxylation sites is 1. The van der Waals surface area contributed by atoms with E-state index in [1.807, 2.05) is 59.4 Å². The molecule has 0 radical (unpaired) electrons. The standard InChI is InChI=1S/C17H19N7/c1-12-10-16(24-17(19-12)11-13(2)21-24)18-8-5-9-23-15-7-4-3-6-14(15)20-22-23/h3-4,6-7,10-11,18H,5,8-9H2,1-2H3. The number of anilines is 1. The lowest BCUT2D eigenvalue weighted by Gasteiger charge is -2.09. The van der Waals surface area contributed by atoms with Gasteiger partial charge in [0.2, 0.25) is 0 Å². The average molecular weight is 321 g/mol. The summed E-state index contributed by atoms with van der Waals surface area (Å²) in [5, 5.41) is 16.3. The molecule has 1 aromatic carbocycles. The molecule has 4 rings (SSSR count). The van der Waals surface area contributed by atoms with E-state index in [1.165, 1.54) is 0 Å². The molecule has 0 saturated heterocycles. The van der Waals surface area contributed by atoms with Crippen LogP contribution in [0.15, 0.2) is 36.4 Å². The first-order valence-electron chi connectivity index (χ1n) is 8.07. The zero-order valence-corrected chi connectivity index (χ0v) is 13.8. The molecule has 0 amide bonds. The Morgan fingerprint density at radius 3 is 2.88 bits per heavy atom. The Labute approximate surface area is 139 Å². The lowest BCUT2D eigenvalue weighted by molar-refractivity contribution is 0.585. The van der Waals surface area contributed by atoms with E-state index in [0.29, 0.717) is 0 Å². The monoisotopic (exact) mass is 321 g/mol. The topological polar surface area (TPSA) is 72.9 Å². The molecule has 0 atom stereocenters. The van der Waals surface area contributed by atoms with E-state index in [9.17, 15) is 0 Å². The van der Waals surface area contributed by atoms with Crippen molar-refractivity contribution in [3.63, 3.8) is 0 Å². The predicted octanol–water partition coefficient (Wildman–Crippen LogP) is 2.59. The van der Waals surface area contributed by atoms with E-state index in [2.05, 4.69) is 25.7 Å². The van der Waals surface area contributed by atoms with Crippen molar-refractivity contribution in [1.82, 2.24) is 29.6 Å². The van der Waals surface area contributed by atoms with Crippen LogP contribution < -0.4 is 5.32 Å². The molecule has 0 aliphatic rings. The summed E-state index contributed by atoms with van der Waals surface area (Å²) in [6.07, 6.45) is 0.941. The van der Waals surface area contributed by atoms with Gasteiger partial charge in [-0.15, -0.1) is 5.10 Å². The fraction of sp³-hybridized carbons (Fsp3) is 0.294. The summed E-state index contributed by atoms with van der Waals surface area (Å²) in [6.45, 7) is 5.61. The van der Waals surface area contributed by atoms with Crippen LogP contribution in [0.3, 0.4) is 0 Å². The average Bonchev–Trinajstić information content (AvgIpc) is 3.14. The maximum atomic E-state index is 4.50. The van der Waals surface area contributed by atoms with Crippen LogP contribution in [0.4, 0.5) is 5.82 Å². The fourth-order valence-corrected chi connectivity index (χ4v) is 2.87. The molecular formula is C17H19N7. The first-order valence-corrected chi connectivity index (χ1v) is 8.07. The van der Waals surface area contributed by atoms with Gasteiger partial charge in [0.15, 0.2) is 5.65 Å². The molecule has 3 aromatic heterocycles. The Morgan fingerprint density at radius 1 is 1.08 bits per heavy atom. The number of aryl methyl sites for hydroxylation is 3. The van der Waals surface area contributed by atoms with Gasteiger partial charge in [0.1, 0.15) is 11.3 Å². The van der Waals surface area contributed by atoms with Crippen LogP contribution in [-0.4, -0.2) is 36.1 Å². The van der Waals surface area contributed by atoms with Crippen LogP contribution in [0.5, 0.6) is 0 Å². The molecule has 0 fully saturated rings. The quantitative estimate of drug-likeness (QED) is 0.572. The molecule has 0 spiro atoms. The van der Waals surface area contributed by atoms with Crippen molar-refractivity contribution in [3.8, 4) is 0 Å². The minimum Gasteiger partial charge on any atom is -0.370 e. The number of hydrogen-bond acceptors (Lipinski definition) is 5. The van der Waals surface area contributed by atoms with Gasteiger partial charge in [-0.1, -0.05) is 17.3 Å². The molecule has 0 aliphatic heterocycles. The molecule has 7 heteroatoms. The molecule has 3 heterocycles. The summed E-state index contributed by atoms with van der Waals surface area (Å²) >= 11 is 0. The van der Waals surface area contributed by atoms with E-state index in [-0.39, 0.29) is 0 Å². The van der Waals surface area contributed by atoms with E-state index in [4.69, 9.17) is 0 Å². The first kappa shape index (κ1) is 14.6. The molecule has 7 nitrogen and oxygen atoms in total. The summed E-state index contributed by atoms with van der Waals surface area (Å²) in [5.41, 5.74) is 4.82. The van der Waals surface area contributed by atoms with E-state index in [1.54, 1.807) is 0 Å². The second-order valence-electron chi connectivity index (χ2n) is 5.92. The molecule has 1 N–H and O–H groups in total. The van der Waals surface area contributed by atoms with Gasteiger partial charge in [-0.25, -0.2) is 9.67 Å². The Balaban J connectivity index is 1.44. The van der Waals surface area contributed by atoms with Crippen molar-refractivity contribution in [2.75, 3.05) is 11.9 Å². The number of aromatic nitrogens is 6. The lowest BCUT2D eigenvalue weighted by atomic mass is 10.3. The largest absolute Gasteiger partial charge is 0.370 e. The van der Waals surface area contributed by atoms with Gasteiger partial charge in [-0.05, 0) is 32.4 Å². The van der Waals surface area contributed by atoms with Crippen molar-refractivity contribution in [1.29, 1.82) is 0 Å². The highest BCUT2D eigenvalue weighted by molar-refractivity contribution is 5.73. The third-order valence-corrected chi connectivity index (χ3v) is 3.95. The number of nitrogens with one attached hydrogen (secondary N) is 1. The number of hydrogen-bond donors (Lipinski definition) is 1. The lowest BCUT2D eigenvalue weighted by Crippen LogP contribution is -2.11. The summed E-state index contributed by atoms with van der Waals surface area (Å²) in [7, 11) is 0. The second-order valence-corrected chi connectivity index (χ2v) is 5.92. The third-order valence-electron chi connectivity index (χ3n) is 3.95. The Morgan fingerprint density at radius 2 is 1.96 bits per heavy atom. The minimum atomic E-state index is 0.818. The van der Waals surface area contributed by atoms with Crippen LogP contribution in [0, 0.1) is 13.8 Å². The fourth-order valence-electron chi connectivity index (χ4n) is 2.87. The molecule has 0 unspecified atom stereocenters. The van der Waals surface area contributed by atoms with Crippen LogP contribution in [0.1, 0.15) is 17.8 Å². The van der Waals surface area contributed by atoms with Gasteiger partial charge in [-0.3, -0.25) is 0 Å². The highest BCUT2D eigenvalue weighted by Gasteiger charge is 2.06. The smallest absolute Gasteiger partial charge is 0.157 e. The maximum absolute atomic E-state index is 4.50. The summed E-state index contributed by atoms with van der Waals surface area (Å²) < 4.78 is 3.80. The first-order chi connectivity index (χ1) is 11.7. The molecule has 0 bridgehead atoms. The SMILES string of the molecule is Cc1cc(NCCCn2nnc3ccccc32)n2nc(C)cc2n1. The van der Waals surface area contributed by atoms with Crippen LogP contribution in [-0.2, 0) is 6.54 Å². The third kappa shape index (κ3) is 2.68. The van der Waals surface area contributed by atoms with Gasteiger partial charge in [0, 0.05) is 30.9 Å². The molecular weight excluding hydrogens is 302 g/mol. The van der Waals surface area contributed by atoms with Gasteiger partial charge in [-0.2, -0.15) is 9.61 Å². The maximum Gasteiger partial charge on any atom is 0.157 e. The van der Waals surface area contributed by atoms with Gasteiger partial charge < -0.3 is 5.32 Å². The molecule has 4 aromatic rings. The number of benzene rings is 1. The molecule has 0 aliphatic carbocycles. The zero-order chi connectivity index (χ0) is 16.5. The minimum absolute atomic E-state index is 0.818. The van der Waals surface area contributed by atoms with E-state index < -0.39 is 0 Å². The van der Waals surface area contributed by atoms with Crippen LogP contribution >= 0.6 is 0 Å². The molecule has 122 valence electrons. The van der Waals surface area contributed by atoms with Gasteiger partial charge >= 0.3 is 0 Å². The van der Waals surface area contributed by atoms with Crippen molar-refractivity contribution >= 4 is 22.5 Å². The summed E-state index contributed by atoms with van der Waals surface area (Å²) in [5.74, 6) is 0.967. The highest BCUT2D eigenvalue weighted by Crippen LogP contribution is 2.14. The van der Waals surface area contributed by atoms with Crippen molar-refractivity contribution in [2.45, 2.75) is 26.8 Å². The Hall–Kier alpha value is -2.96.